The second-order valence-corrected chi connectivity index (χ2v) is 11.4. The van der Waals surface area contributed by atoms with Gasteiger partial charge in [0.1, 0.15) is 10.6 Å². The second kappa shape index (κ2) is 9.42. The van der Waals surface area contributed by atoms with Crippen LogP contribution < -0.4 is 16.2 Å². The number of alkyl halides is 3. The van der Waals surface area contributed by atoms with E-state index >= 15 is 0 Å². The van der Waals surface area contributed by atoms with Gasteiger partial charge in [0.25, 0.3) is 5.91 Å². The minimum absolute atomic E-state index is 0.0434. The highest BCUT2D eigenvalue weighted by atomic mass is 32.2. The molecule has 1 aromatic heterocycles. The minimum Gasteiger partial charge on any atom is -0.439 e. The lowest BCUT2D eigenvalue weighted by molar-refractivity contribution is -0.203. The fraction of sp³-hybridized carbons (Fsp3) is 0.211. The number of primary sulfonamides is 1. The number of aromatic nitrogens is 4. The quantitative estimate of drug-likeness (QED) is 0.209. The maximum Gasteiger partial charge on any atom is 0.490 e. The number of nitrogens with two attached hydrogens (primary N) is 2. The van der Waals surface area contributed by atoms with E-state index in [4.69, 9.17) is 10.9 Å². The summed E-state index contributed by atoms with van der Waals surface area (Å²) in [6.07, 6.45) is -7.76. The van der Waals surface area contributed by atoms with Gasteiger partial charge in [0.2, 0.25) is 10.0 Å². The van der Waals surface area contributed by atoms with Gasteiger partial charge in [-0.3, -0.25) is 10.5 Å². The van der Waals surface area contributed by atoms with Crippen molar-refractivity contribution in [3.63, 3.8) is 0 Å². The third-order valence-electron chi connectivity index (χ3n) is 5.30. The van der Waals surface area contributed by atoms with E-state index < -0.39 is 65.2 Å². The Morgan fingerprint density at radius 2 is 1.84 bits per heavy atom. The summed E-state index contributed by atoms with van der Waals surface area (Å²) >= 11 is 0. The number of benzene rings is 2. The molecule has 202 valence electrons. The summed E-state index contributed by atoms with van der Waals surface area (Å²) in [4.78, 5) is 21.2. The zero-order chi connectivity index (χ0) is 28.0. The first-order valence-corrected chi connectivity index (χ1v) is 13.4. The number of ether oxygens (including phenoxy) is 1. The topological polar surface area (TPSA) is 230 Å². The van der Waals surface area contributed by atoms with Crippen LogP contribution in [0.5, 0.6) is 0 Å². The molecule has 3 aromatic rings. The van der Waals surface area contributed by atoms with E-state index in [1.165, 1.54) is 18.2 Å². The van der Waals surface area contributed by atoms with E-state index in [-0.39, 0.29) is 29.1 Å². The second-order valence-electron chi connectivity index (χ2n) is 7.89. The lowest BCUT2D eigenvalue weighted by atomic mass is 9.96. The number of nitrogens with one attached hydrogen (secondary N) is 2. The van der Waals surface area contributed by atoms with Gasteiger partial charge < -0.3 is 10.1 Å². The van der Waals surface area contributed by atoms with Gasteiger partial charge in [-0.05, 0) is 39.2 Å². The number of carbonyl (C=O) groups is 2. The van der Waals surface area contributed by atoms with Gasteiger partial charge in [-0.2, -0.15) is 13.2 Å². The molecular formula is C19H16F3N7O7S2. The fourth-order valence-corrected chi connectivity index (χ4v) is 6.67. The molecule has 0 saturated heterocycles. The van der Waals surface area contributed by atoms with Crippen molar-refractivity contribution in [3.05, 3.63) is 41.5 Å². The number of sulfone groups is 1. The van der Waals surface area contributed by atoms with Crippen molar-refractivity contribution in [3.8, 4) is 22.5 Å². The zero-order valence-corrected chi connectivity index (χ0v) is 20.3. The molecule has 0 saturated carbocycles. The van der Waals surface area contributed by atoms with Crippen molar-refractivity contribution in [2.45, 2.75) is 28.7 Å². The van der Waals surface area contributed by atoms with Gasteiger partial charge in [0.15, 0.2) is 21.9 Å². The molecule has 4 rings (SSSR count). The maximum atomic E-state index is 13.1. The Morgan fingerprint density at radius 1 is 1.13 bits per heavy atom. The summed E-state index contributed by atoms with van der Waals surface area (Å²) in [5.74, 6) is -4.89. The molecule has 0 fully saturated rings. The summed E-state index contributed by atoms with van der Waals surface area (Å²) in [5, 5.41) is 20.7. The summed E-state index contributed by atoms with van der Waals surface area (Å²) < 4.78 is 93.1. The van der Waals surface area contributed by atoms with Crippen molar-refractivity contribution in [2.24, 2.45) is 10.9 Å². The average molecular weight is 576 g/mol. The number of fused-ring (bicyclic) bond motifs is 1. The molecule has 0 radical (unpaired) electrons. The van der Waals surface area contributed by atoms with Crippen molar-refractivity contribution in [1.82, 2.24) is 25.9 Å². The zero-order valence-electron chi connectivity index (χ0n) is 18.7. The number of amides is 1. The minimum atomic E-state index is -5.45. The number of nitrogens with zero attached hydrogens (tertiary/aromatic N) is 3. The lowest BCUT2D eigenvalue weighted by Gasteiger charge is -2.19. The van der Waals surface area contributed by atoms with Crippen LogP contribution in [0.4, 0.5) is 13.2 Å². The maximum absolute atomic E-state index is 13.1. The Balaban J connectivity index is 1.90. The first-order chi connectivity index (χ1) is 17.6. The number of hydrogen-bond acceptors (Lipinski definition) is 11. The highest BCUT2D eigenvalue weighted by Crippen LogP contribution is 2.40. The third kappa shape index (κ3) is 5.21. The van der Waals surface area contributed by atoms with Crippen molar-refractivity contribution >= 4 is 31.7 Å². The Hall–Kier alpha value is -3.94. The lowest BCUT2D eigenvalue weighted by Crippen LogP contribution is -2.39. The molecule has 0 aliphatic carbocycles. The molecule has 38 heavy (non-hydrogen) atoms. The van der Waals surface area contributed by atoms with E-state index in [0.29, 0.717) is 5.56 Å². The van der Waals surface area contributed by atoms with E-state index in [2.05, 4.69) is 30.7 Å². The van der Waals surface area contributed by atoms with Crippen LogP contribution in [0.2, 0.25) is 0 Å². The van der Waals surface area contributed by atoms with Crippen molar-refractivity contribution < 1.29 is 44.3 Å². The first-order valence-electron chi connectivity index (χ1n) is 10.2. The molecule has 1 atom stereocenters. The standard InChI is InChI=1S/C19H16F3N7O7S2/c20-19(21,22)18(31)36-13(23)7-37(32,33)12-4-3-10(8-1-2-9-6-25-17(30)11(9)5-8)14(15(12)38(24,34)35)16-26-28-29-27-16/h1-5,13H,6-7,23H2,(H,25,30)(H2,24,34,35)(H,26,27,28,29). The molecule has 1 aliphatic heterocycles. The Bertz CT molecular complexity index is 1660. The Morgan fingerprint density at radius 3 is 2.45 bits per heavy atom. The summed E-state index contributed by atoms with van der Waals surface area (Å²) in [7, 11) is -9.78. The van der Waals surface area contributed by atoms with Gasteiger partial charge in [0.05, 0.1) is 4.90 Å². The predicted molar refractivity (Wildman–Crippen MR) is 120 cm³/mol. The Kier molecular flexibility index (Phi) is 6.72. The highest BCUT2D eigenvalue weighted by Gasteiger charge is 2.43. The molecular weight excluding hydrogens is 559 g/mol. The molecule has 19 heteroatoms. The van der Waals surface area contributed by atoms with Crippen LogP contribution in [0, 0.1) is 0 Å². The molecule has 2 heterocycles. The summed E-state index contributed by atoms with van der Waals surface area (Å²) in [6.45, 7) is 0.270. The van der Waals surface area contributed by atoms with Crippen LogP contribution in [-0.4, -0.2) is 67.5 Å². The predicted octanol–water partition coefficient (Wildman–Crippen LogP) is -0.412. The molecule has 6 N–H and O–H groups in total. The largest absolute Gasteiger partial charge is 0.490 e. The van der Waals surface area contributed by atoms with Crippen molar-refractivity contribution in [1.29, 1.82) is 0 Å². The number of tetrazole rings is 1. The van der Waals surface area contributed by atoms with E-state index in [9.17, 15) is 39.6 Å². The summed E-state index contributed by atoms with van der Waals surface area (Å²) in [5.41, 5.74) is 6.14. The molecule has 0 spiro atoms. The van der Waals surface area contributed by atoms with E-state index in [1.54, 1.807) is 6.07 Å². The number of hydrogen-bond donors (Lipinski definition) is 4. The van der Waals surface area contributed by atoms with Crippen LogP contribution in [-0.2, 0) is 35.9 Å². The molecule has 1 aliphatic rings. The monoisotopic (exact) mass is 575 g/mol. The normalized spacial score (nSPS) is 14.6. The Labute approximate surface area is 211 Å². The highest BCUT2D eigenvalue weighted by molar-refractivity contribution is 7.93. The van der Waals surface area contributed by atoms with Gasteiger partial charge in [0, 0.05) is 17.7 Å². The number of halogens is 3. The molecule has 1 amide bonds. The van der Waals surface area contributed by atoms with Gasteiger partial charge in [-0.15, -0.1) is 5.10 Å². The molecule has 2 aromatic carbocycles. The van der Waals surface area contributed by atoms with Gasteiger partial charge in [-0.25, -0.2) is 31.9 Å². The SMILES string of the molecule is NC(CS(=O)(=O)c1ccc(-c2ccc3c(c2)C(=O)NC3)c(-c2nnn[nH]2)c1S(N)(=O)=O)OC(=O)C(F)(F)F. The molecule has 14 nitrogen and oxygen atoms in total. The summed E-state index contributed by atoms with van der Waals surface area (Å²) in [6, 6.07) is 6.58. The first kappa shape index (κ1) is 27.1. The van der Waals surface area contributed by atoms with Crippen LogP contribution in [0.1, 0.15) is 15.9 Å². The van der Waals surface area contributed by atoms with Crippen LogP contribution in [0.3, 0.4) is 0 Å². The van der Waals surface area contributed by atoms with E-state index in [1.807, 2.05) is 0 Å². The van der Waals surface area contributed by atoms with Crippen LogP contribution in [0.15, 0.2) is 40.1 Å². The number of carbonyl (C=O) groups excluding carboxylic acids is 2. The molecule has 1 unspecified atom stereocenters. The van der Waals surface area contributed by atoms with Crippen LogP contribution in [0.25, 0.3) is 22.5 Å². The number of aromatic amines is 1. The number of sulfonamides is 1. The molecule has 0 bridgehead atoms. The average Bonchev–Trinajstić information content (AvgIpc) is 3.46. The van der Waals surface area contributed by atoms with Crippen LogP contribution >= 0.6 is 0 Å². The van der Waals surface area contributed by atoms with E-state index in [0.717, 1.165) is 6.07 Å². The number of H-pyrrole nitrogens is 1. The smallest absolute Gasteiger partial charge is 0.439 e. The third-order valence-corrected chi connectivity index (χ3v) is 8.20. The fourth-order valence-electron chi connectivity index (χ4n) is 3.76. The van der Waals surface area contributed by atoms with Crippen molar-refractivity contribution in [2.75, 3.05) is 5.75 Å². The van der Waals surface area contributed by atoms with Gasteiger partial charge in [-0.1, -0.05) is 18.2 Å². The number of rotatable bonds is 7. The number of esters is 1. The van der Waals surface area contributed by atoms with Gasteiger partial charge >= 0.3 is 12.1 Å².